The van der Waals surface area contributed by atoms with Gasteiger partial charge in [0.2, 0.25) is 0 Å². The number of imide groups is 1. The van der Waals surface area contributed by atoms with Gasteiger partial charge in [-0.15, -0.1) is 0 Å². The number of fused-ring (bicyclic) bond motifs is 2. The molecule has 0 unspecified atom stereocenters. The summed E-state index contributed by atoms with van der Waals surface area (Å²) in [6.45, 7) is 2.03. The molecule has 1 aliphatic rings. The number of carbonyl (C=O) groups excluding carboxylic acids is 3. The van der Waals surface area contributed by atoms with Crippen LogP contribution in [-0.2, 0) is 6.54 Å². The number of nitrogens with one attached hydrogen (secondary N) is 2. The second-order valence-electron chi connectivity index (χ2n) is 7.34. The predicted molar refractivity (Wildman–Crippen MR) is 114 cm³/mol. The molecule has 152 valence electrons. The third-order valence-corrected chi connectivity index (χ3v) is 5.29. The molecule has 2 N–H and O–H groups in total. The molecule has 0 bridgehead atoms. The third-order valence-electron chi connectivity index (χ3n) is 5.29. The molecule has 8 heteroatoms. The molecule has 0 aliphatic carbocycles. The summed E-state index contributed by atoms with van der Waals surface area (Å²) in [5, 5.41) is 10.6. The van der Waals surface area contributed by atoms with Crippen LogP contribution in [0.2, 0.25) is 0 Å². The number of amides is 3. The highest BCUT2D eigenvalue weighted by Gasteiger charge is 2.34. The van der Waals surface area contributed by atoms with Crippen molar-refractivity contribution in [2.24, 2.45) is 0 Å². The third kappa shape index (κ3) is 3.24. The minimum Gasteiger partial charge on any atom is -0.321 e. The first-order valence-electron chi connectivity index (χ1n) is 9.67. The van der Waals surface area contributed by atoms with Gasteiger partial charge in [-0.3, -0.25) is 24.4 Å². The Hall–Kier alpha value is -4.33. The number of aromatic nitrogens is 3. The molecule has 0 spiro atoms. The fourth-order valence-electron chi connectivity index (χ4n) is 3.62. The summed E-state index contributed by atoms with van der Waals surface area (Å²) < 4.78 is 0. The fourth-order valence-corrected chi connectivity index (χ4v) is 3.62. The number of hydrogen-bond donors (Lipinski definition) is 2. The number of H-pyrrole nitrogens is 1. The van der Waals surface area contributed by atoms with Gasteiger partial charge in [0.15, 0.2) is 5.65 Å². The van der Waals surface area contributed by atoms with E-state index < -0.39 is 0 Å². The molecule has 1 aliphatic heterocycles. The highest BCUT2D eigenvalue weighted by atomic mass is 16.2. The largest absolute Gasteiger partial charge is 0.321 e. The van der Waals surface area contributed by atoms with Gasteiger partial charge < -0.3 is 5.32 Å². The van der Waals surface area contributed by atoms with E-state index in [0.717, 1.165) is 16.6 Å². The zero-order valence-electron chi connectivity index (χ0n) is 16.5. The summed E-state index contributed by atoms with van der Waals surface area (Å²) in [6, 6.07) is 15.4. The van der Waals surface area contributed by atoms with E-state index in [-0.39, 0.29) is 24.3 Å². The van der Waals surface area contributed by atoms with Crippen LogP contribution in [0.25, 0.3) is 11.0 Å². The molecule has 31 heavy (non-hydrogen) atoms. The molecule has 0 atom stereocenters. The lowest BCUT2D eigenvalue weighted by atomic mass is 10.1. The van der Waals surface area contributed by atoms with Gasteiger partial charge >= 0.3 is 0 Å². The fraction of sp³-hybridized carbons (Fsp3) is 0.0870. The predicted octanol–water partition coefficient (Wildman–Crippen LogP) is 3.31. The summed E-state index contributed by atoms with van der Waals surface area (Å²) >= 11 is 0. The van der Waals surface area contributed by atoms with E-state index in [4.69, 9.17) is 0 Å². The lowest BCUT2D eigenvalue weighted by molar-refractivity contribution is 0.0642. The molecule has 8 nitrogen and oxygen atoms in total. The standard InChI is InChI=1S/C23H17N5O3/c1-13-19-10-16(11-24-20(19)27-26-13)25-21(29)15-8-6-14(7-9-15)12-28-22(30)17-4-2-3-5-18(17)23(28)31/h2-11H,12H2,1H3,(H,25,29)(H,24,26,27). The average Bonchev–Trinajstić information content (AvgIpc) is 3.27. The number of carbonyl (C=O) groups is 3. The molecule has 5 rings (SSSR count). The Morgan fingerprint density at radius 1 is 1.03 bits per heavy atom. The first kappa shape index (κ1) is 18.7. The van der Waals surface area contributed by atoms with Crippen LogP contribution in [0.4, 0.5) is 5.69 Å². The Morgan fingerprint density at radius 3 is 2.39 bits per heavy atom. The molecular weight excluding hydrogens is 394 g/mol. The van der Waals surface area contributed by atoms with Crippen molar-refractivity contribution in [3.8, 4) is 0 Å². The minimum absolute atomic E-state index is 0.147. The average molecular weight is 411 g/mol. The van der Waals surface area contributed by atoms with Gasteiger partial charge in [-0.25, -0.2) is 4.98 Å². The van der Waals surface area contributed by atoms with Crippen molar-refractivity contribution in [1.29, 1.82) is 0 Å². The van der Waals surface area contributed by atoms with Crippen molar-refractivity contribution in [1.82, 2.24) is 20.1 Å². The number of hydrogen-bond acceptors (Lipinski definition) is 5. The van der Waals surface area contributed by atoms with Crippen LogP contribution < -0.4 is 5.32 Å². The normalized spacial score (nSPS) is 13.0. The van der Waals surface area contributed by atoms with Crippen LogP contribution in [-0.4, -0.2) is 37.8 Å². The van der Waals surface area contributed by atoms with Crippen molar-refractivity contribution in [3.63, 3.8) is 0 Å². The van der Waals surface area contributed by atoms with E-state index in [1.54, 1.807) is 54.7 Å². The summed E-state index contributed by atoms with van der Waals surface area (Å²) in [6.07, 6.45) is 1.55. The van der Waals surface area contributed by atoms with E-state index in [1.165, 1.54) is 4.90 Å². The summed E-state index contributed by atoms with van der Waals surface area (Å²) in [5.41, 5.74) is 4.07. The lowest BCUT2D eigenvalue weighted by Crippen LogP contribution is -2.29. The topological polar surface area (TPSA) is 108 Å². The van der Waals surface area contributed by atoms with Crippen molar-refractivity contribution in [2.75, 3.05) is 5.32 Å². The Labute approximate surface area is 176 Å². The monoisotopic (exact) mass is 411 g/mol. The number of benzene rings is 2. The van der Waals surface area contributed by atoms with Crippen LogP contribution in [0.3, 0.4) is 0 Å². The highest BCUT2D eigenvalue weighted by Crippen LogP contribution is 2.24. The van der Waals surface area contributed by atoms with E-state index in [2.05, 4.69) is 20.5 Å². The molecule has 4 aromatic rings. The smallest absolute Gasteiger partial charge is 0.261 e. The second kappa shape index (κ2) is 7.17. The Balaban J connectivity index is 1.29. The minimum atomic E-state index is -0.306. The SMILES string of the molecule is Cc1[nH]nc2ncc(NC(=O)c3ccc(CN4C(=O)c5ccccc5C4=O)cc3)cc12. The summed E-state index contributed by atoms with van der Waals surface area (Å²) in [5.74, 6) is -0.894. The molecule has 0 radical (unpaired) electrons. The number of nitrogens with zero attached hydrogens (tertiary/aromatic N) is 3. The van der Waals surface area contributed by atoms with Crippen LogP contribution in [0, 0.1) is 6.92 Å². The molecular formula is C23H17N5O3. The van der Waals surface area contributed by atoms with Gasteiger partial charge in [-0.05, 0) is 42.8 Å². The van der Waals surface area contributed by atoms with Crippen molar-refractivity contribution in [3.05, 3.63) is 88.7 Å². The van der Waals surface area contributed by atoms with Crippen LogP contribution in [0.15, 0.2) is 60.8 Å². The number of anilines is 1. The maximum absolute atomic E-state index is 12.6. The van der Waals surface area contributed by atoms with Gasteiger partial charge in [-0.2, -0.15) is 5.10 Å². The van der Waals surface area contributed by atoms with Crippen molar-refractivity contribution >= 4 is 34.4 Å². The van der Waals surface area contributed by atoms with Crippen molar-refractivity contribution in [2.45, 2.75) is 13.5 Å². The van der Waals surface area contributed by atoms with Crippen LogP contribution in [0.1, 0.15) is 42.3 Å². The molecule has 3 amide bonds. The van der Waals surface area contributed by atoms with E-state index in [0.29, 0.717) is 28.0 Å². The van der Waals surface area contributed by atoms with Gasteiger partial charge in [-0.1, -0.05) is 24.3 Å². The Bertz CT molecular complexity index is 1320. The molecule has 2 aromatic heterocycles. The Kier molecular flexibility index (Phi) is 4.32. The van der Waals surface area contributed by atoms with Gasteiger partial charge in [0, 0.05) is 16.6 Å². The molecule has 2 aromatic carbocycles. The first-order chi connectivity index (χ1) is 15.0. The van der Waals surface area contributed by atoms with E-state index in [9.17, 15) is 14.4 Å². The molecule has 0 fully saturated rings. The van der Waals surface area contributed by atoms with Crippen LogP contribution >= 0.6 is 0 Å². The second-order valence-corrected chi connectivity index (χ2v) is 7.34. The lowest BCUT2D eigenvalue weighted by Gasteiger charge is -2.14. The van der Waals surface area contributed by atoms with Gasteiger partial charge in [0.05, 0.1) is 29.6 Å². The molecule has 0 saturated carbocycles. The van der Waals surface area contributed by atoms with Crippen molar-refractivity contribution < 1.29 is 14.4 Å². The Morgan fingerprint density at radius 2 is 1.71 bits per heavy atom. The maximum Gasteiger partial charge on any atom is 0.261 e. The molecule has 3 heterocycles. The quantitative estimate of drug-likeness (QED) is 0.501. The zero-order chi connectivity index (χ0) is 21.5. The maximum atomic E-state index is 12.6. The number of pyridine rings is 1. The summed E-state index contributed by atoms with van der Waals surface area (Å²) in [4.78, 5) is 43.1. The number of rotatable bonds is 4. The summed E-state index contributed by atoms with van der Waals surface area (Å²) in [7, 11) is 0. The van der Waals surface area contributed by atoms with Crippen LogP contribution in [0.5, 0.6) is 0 Å². The molecule has 0 saturated heterocycles. The zero-order valence-corrected chi connectivity index (χ0v) is 16.5. The number of aryl methyl sites for hydroxylation is 1. The van der Waals surface area contributed by atoms with E-state index >= 15 is 0 Å². The first-order valence-corrected chi connectivity index (χ1v) is 9.67. The van der Waals surface area contributed by atoms with Gasteiger partial charge in [0.1, 0.15) is 0 Å². The highest BCUT2D eigenvalue weighted by molar-refractivity contribution is 6.21. The number of aromatic amines is 1. The van der Waals surface area contributed by atoms with E-state index in [1.807, 2.05) is 13.0 Å². The van der Waals surface area contributed by atoms with Gasteiger partial charge in [0.25, 0.3) is 17.7 Å².